The Morgan fingerprint density at radius 1 is 0.962 bits per heavy atom. The first-order valence-corrected chi connectivity index (χ1v) is 8.87. The molecule has 1 aliphatic heterocycles. The molecule has 1 amide bonds. The number of anilines is 2. The van der Waals surface area contributed by atoms with Crippen LogP contribution in [0.25, 0.3) is 0 Å². The summed E-state index contributed by atoms with van der Waals surface area (Å²) in [6, 6.07) is 19.9. The molecule has 0 saturated carbocycles. The monoisotopic (exact) mass is 351 g/mol. The van der Waals surface area contributed by atoms with E-state index in [-0.39, 0.29) is 12.5 Å². The van der Waals surface area contributed by atoms with Crippen LogP contribution in [0.15, 0.2) is 65.7 Å². The topological polar surface area (TPSA) is 60.0 Å². The molecule has 1 fully saturated rings. The molecule has 6 nitrogen and oxygen atoms in total. The Morgan fingerprint density at radius 3 is 2.19 bits per heavy atom. The number of hydrogen-bond acceptors (Lipinski definition) is 3. The van der Waals surface area contributed by atoms with Crippen molar-refractivity contribution >= 4 is 23.2 Å². The van der Waals surface area contributed by atoms with E-state index in [9.17, 15) is 4.79 Å². The molecule has 26 heavy (non-hydrogen) atoms. The van der Waals surface area contributed by atoms with Gasteiger partial charge in [0.2, 0.25) is 5.91 Å². The molecule has 1 aliphatic rings. The Bertz CT molecular complexity index is 724. The molecule has 0 aromatic heterocycles. The summed E-state index contributed by atoms with van der Waals surface area (Å²) >= 11 is 0. The van der Waals surface area contributed by atoms with Gasteiger partial charge in [-0.05, 0) is 24.3 Å². The van der Waals surface area contributed by atoms with Gasteiger partial charge in [0, 0.05) is 44.6 Å². The second-order valence-electron chi connectivity index (χ2n) is 6.12. The molecule has 0 aliphatic carbocycles. The highest BCUT2D eigenvalue weighted by Crippen LogP contribution is 2.15. The van der Waals surface area contributed by atoms with Gasteiger partial charge in [0.05, 0.1) is 6.54 Å². The molecule has 2 aromatic carbocycles. The van der Waals surface area contributed by atoms with E-state index in [1.807, 2.05) is 36.4 Å². The molecule has 2 aromatic rings. The summed E-state index contributed by atoms with van der Waals surface area (Å²) in [6.07, 6.45) is 0. The van der Waals surface area contributed by atoms with Crippen LogP contribution in [0.5, 0.6) is 0 Å². The van der Waals surface area contributed by atoms with Gasteiger partial charge in [-0.1, -0.05) is 36.4 Å². The maximum Gasteiger partial charge on any atom is 0.243 e. The van der Waals surface area contributed by atoms with Gasteiger partial charge >= 0.3 is 0 Å². The van der Waals surface area contributed by atoms with E-state index in [0.29, 0.717) is 0 Å². The second kappa shape index (κ2) is 8.89. The molecule has 1 heterocycles. The van der Waals surface area contributed by atoms with Gasteiger partial charge in [0.25, 0.3) is 0 Å². The number of guanidine groups is 1. The van der Waals surface area contributed by atoms with Crippen molar-refractivity contribution in [3.63, 3.8) is 0 Å². The molecule has 0 unspecified atom stereocenters. The average molecular weight is 351 g/mol. The lowest BCUT2D eigenvalue weighted by Crippen LogP contribution is -2.53. The molecule has 0 atom stereocenters. The highest BCUT2D eigenvalue weighted by atomic mass is 16.1. The molecule has 0 spiro atoms. The van der Waals surface area contributed by atoms with Crippen molar-refractivity contribution in [1.82, 2.24) is 10.2 Å². The number of nitrogens with one attached hydrogen (secondary N) is 2. The molecule has 6 heteroatoms. The zero-order chi connectivity index (χ0) is 18.2. The molecular formula is C20H25N5O. The van der Waals surface area contributed by atoms with Crippen LogP contribution in [0, 0.1) is 0 Å². The van der Waals surface area contributed by atoms with Gasteiger partial charge in [-0.3, -0.25) is 9.79 Å². The summed E-state index contributed by atoms with van der Waals surface area (Å²) in [4.78, 5) is 21.0. The number of nitrogens with zero attached hydrogens (tertiary/aromatic N) is 3. The van der Waals surface area contributed by atoms with Crippen molar-refractivity contribution in [1.29, 1.82) is 0 Å². The number of amides is 1. The van der Waals surface area contributed by atoms with Gasteiger partial charge < -0.3 is 20.4 Å². The number of para-hydroxylation sites is 2. The lowest BCUT2D eigenvalue weighted by molar-refractivity contribution is -0.115. The van der Waals surface area contributed by atoms with E-state index in [4.69, 9.17) is 0 Å². The Labute approximate surface area is 154 Å². The van der Waals surface area contributed by atoms with E-state index in [2.05, 4.69) is 49.7 Å². The normalized spacial score (nSPS) is 14.9. The van der Waals surface area contributed by atoms with E-state index >= 15 is 0 Å². The Morgan fingerprint density at radius 2 is 1.58 bits per heavy atom. The third-order valence-corrected chi connectivity index (χ3v) is 4.38. The summed E-state index contributed by atoms with van der Waals surface area (Å²) in [5.74, 6) is 0.682. The zero-order valence-electron chi connectivity index (χ0n) is 15.1. The third kappa shape index (κ3) is 4.75. The van der Waals surface area contributed by atoms with Crippen LogP contribution in [0.3, 0.4) is 0 Å². The Balaban J connectivity index is 1.47. The first kappa shape index (κ1) is 17.8. The van der Waals surface area contributed by atoms with Crippen molar-refractivity contribution in [2.75, 3.05) is 50.0 Å². The largest absolute Gasteiger partial charge is 0.368 e. The van der Waals surface area contributed by atoms with Crippen LogP contribution < -0.4 is 15.5 Å². The van der Waals surface area contributed by atoms with Gasteiger partial charge in [-0.15, -0.1) is 0 Å². The minimum absolute atomic E-state index is 0.0831. The quantitative estimate of drug-likeness (QED) is 0.654. The van der Waals surface area contributed by atoms with Crippen molar-refractivity contribution < 1.29 is 4.79 Å². The van der Waals surface area contributed by atoms with E-state index in [1.54, 1.807) is 7.05 Å². The predicted molar refractivity (Wildman–Crippen MR) is 107 cm³/mol. The lowest BCUT2D eigenvalue weighted by Gasteiger charge is -2.37. The third-order valence-electron chi connectivity index (χ3n) is 4.38. The van der Waals surface area contributed by atoms with Crippen molar-refractivity contribution in [2.45, 2.75) is 0 Å². The smallest absolute Gasteiger partial charge is 0.243 e. The number of carbonyl (C=O) groups excluding carboxylic acids is 1. The maximum absolute atomic E-state index is 12.1. The summed E-state index contributed by atoms with van der Waals surface area (Å²) < 4.78 is 0. The van der Waals surface area contributed by atoms with Gasteiger partial charge in [0.15, 0.2) is 5.96 Å². The Hall–Kier alpha value is -3.02. The van der Waals surface area contributed by atoms with E-state index in [0.717, 1.165) is 37.8 Å². The standard InChI is InChI=1S/C20H25N5O/c1-21-20(22-16-19(26)23-17-8-4-2-5-9-17)25-14-12-24(13-15-25)18-10-6-3-7-11-18/h2-11H,12-16H2,1H3,(H,21,22)(H,23,26). The van der Waals surface area contributed by atoms with Crippen LogP contribution in [-0.2, 0) is 4.79 Å². The summed E-state index contributed by atoms with van der Waals surface area (Å²) in [6.45, 7) is 3.80. The summed E-state index contributed by atoms with van der Waals surface area (Å²) in [5, 5.41) is 6.03. The van der Waals surface area contributed by atoms with Gasteiger partial charge in [-0.2, -0.15) is 0 Å². The molecule has 2 N–H and O–H groups in total. The SMILES string of the molecule is CN=C(NCC(=O)Nc1ccccc1)N1CCN(c2ccccc2)CC1. The van der Waals surface area contributed by atoms with Crippen molar-refractivity contribution in [3.05, 3.63) is 60.7 Å². The van der Waals surface area contributed by atoms with Crippen molar-refractivity contribution in [3.8, 4) is 0 Å². The number of rotatable bonds is 4. The van der Waals surface area contributed by atoms with Crippen LogP contribution in [0.1, 0.15) is 0 Å². The second-order valence-corrected chi connectivity index (χ2v) is 6.12. The zero-order valence-corrected chi connectivity index (χ0v) is 15.1. The first-order valence-electron chi connectivity index (χ1n) is 8.87. The molecule has 3 rings (SSSR count). The summed E-state index contributed by atoms with van der Waals surface area (Å²) in [5.41, 5.74) is 2.04. The van der Waals surface area contributed by atoms with Crippen LogP contribution in [-0.4, -0.2) is 56.5 Å². The predicted octanol–water partition coefficient (Wildman–Crippen LogP) is 2.02. The van der Waals surface area contributed by atoms with Crippen LogP contribution in [0.2, 0.25) is 0 Å². The first-order chi connectivity index (χ1) is 12.8. The molecular weight excluding hydrogens is 326 g/mol. The summed E-state index contributed by atoms with van der Waals surface area (Å²) in [7, 11) is 1.75. The van der Waals surface area contributed by atoms with Crippen LogP contribution in [0.4, 0.5) is 11.4 Å². The lowest BCUT2D eigenvalue weighted by atomic mass is 10.2. The Kier molecular flexibility index (Phi) is 6.09. The van der Waals surface area contributed by atoms with Crippen LogP contribution >= 0.6 is 0 Å². The number of benzene rings is 2. The molecule has 1 saturated heterocycles. The number of hydrogen-bond donors (Lipinski definition) is 2. The van der Waals surface area contributed by atoms with E-state index in [1.165, 1.54) is 5.69 Å². The fourth-order valence-electron chi connectivity index (χ4n) is 3.03. The van der Waals surface area contributed by atoms with Gasteiger partial charge in [0.1, 0.15) is 0 Å². The average Bonchev–Trinajstić information content (AvgIpc) is 2.70. The molecule has 0 bridgehead atoms. The van der Waals surface area contributed by atoms with E-state index < -0.39 is 0 Å². The number of aliphatic imine (C=N–C) groups is 1. The highest BCUT2D eigenvalue weighted by Gasteiger charge is 2.20. The molecule has 136 valence electrons. The molecule has 0 radical (unpaired) electrons. The van der Waals surface area contributed by atoms with Crippen molar-refractivity contribution in [2.24, 2.45) is 4.99 Å². The fourth-order valence-corrected chi connectivity index (χ4v) is 3.03. The number of piperazine rings is 1. The number of carbonyl (C=O) groups is 1. The highest BCUT2D eigenvalue weighted by molar-refractivity contribution is 5.95. The fraction of sp³-hybridized carbons (Fsp3) is 0.300. The maximum atomic E-state index is 12.1. The minimum Gasteiger partial charge on any atom is -0.368 e. The van der Waals surface area contributed by atoms with Gasteiger partial charge in [-0.25, -0.2) is 0 Å². The minimum atomic E-state index is -0.0831.